The number of rotatable bonds is 4. The molecule has 1 aromatic rings. The lowest BCUT2D eigenvalue weighted by Gasteiger charge is -2.34. The van der Waals surface area contributed by atoms with Crippen LogP contribution in [0.2, 0.25) is 0 Å². The highest BCUT2D eigenvalue weighted by atomic mass is 19.4. The Balaban J connectivity index is 0.000000271. The molecule has 3 aliphatic rings. The zero-order chi connectivity index (χ0) is 27.1. The maximum absolute atomic E-state index is 12.2. The molecule has 3 atom stereocenters. The van der Waals surface area contributed by atoms with E-state index in [2.05, 4.69) is 27.3 Å². The molecule has 1 aliphatic carbocycles. The summed E-state index contributed by atoms with van der Waals surface area (Å²) in [6, 6.07) is 4.54. The molecule has 3 heterocycles. The Hall–Kier alpha value is -2.94. The lowest BCUT2D eigenvalue weighted by molar-refractivity contribution is -0.193. The smallest absolute Gasteiger partial charge is 0.475 e. The van der Waals surface area contributed by atoms with Crippen molar-refractivity contribution in [2.45, 2.75) is 62.8 Å². The zero-order valence-corrected chi connectivity index (χ0v) is 18.8. The van der Waals surface area contributed by atoms with Gasteiger partial charge in [0.1, 0.15) is 6.10 Å². The van der Waals surface area contributed by atoms with Gasteiger partial charge in [-0.2, -0.15) is 26.3 Å². The highest BCUT2D eigenvalue weighted by Gasteiger charge is 2.42. The van der Waals surface area contributed by atoms with Crippen molar-refractivity contribution in [3.63, 3.8) is 0 Å². The summed E-state index contributed by atoms with van der Waals surface area (Å²) in [6.07, 6.45) is -2.22. The van der Waals surface area contributed by atoms with Crippen molar-refractivity contribution in [1.29, 1.82) is 0 Å². The Labute approximate surface area is 201 Å². The van der Waals surface area contributed by atoms with E-state index in [0.717, 1.165) is 45.3 Å². The predicted molar refractivity (Wildman–Crippen MR) is 109 cm³/mol. The van der Waals surface area contributed by atoms with E-state index in [0.29, 0.717) is 12.0 Å². The molecule has 36 heavy (non-hydrogen) atoms. The average molecular weight is 529 g/mol. The van der Waals surface area contributed by atoms with Crippen LogP contribution >= 0.6 is 0 Å². The number of ether oxygens (including phenoxy) is 1. The third kappa shape index (κ3) is 9.97. The topological polar surface area (TPSA) is 129 Å². The number of halogens is 6. The maximum atomic E-state index is 12.2. The molecule has 1 aromatic heterocycles. The first-order valence-electron chi connectivity index (χ1n) is 10.8. The first-order chi connectivity index (χ1) is 16.7. The van der Waals surface area contributed by atoms with Crippen molar-refractivity contribution in [2.24, 2.45) is 5.92 Å². The molecule has 2 aliphatic heterocycles. The van der Waals surface area contributed by atoms with Crippen molar-refractivity contribution >= 4 is 17.8 Å². The first-order valence-corrected chi connectivity index (χ1v) is 10.8. The Bertz CT molecular complexity index is 870. The number of amides is 1. The van der Waals surface area contributed by atoms with Crippen molar-refractivity contribution < 1.29 is 55.7 Å². The number of piperidine rings is 1. The van der Waals surface area contributed by atoms with Crippen molar-refractivity contribution in [2.75, 3.05) is 13.1 Å². The molecule has 0 aromatic carbocycles. The van der Waals surface area contributed by atoms with Crippen LogP contribution in [0, 0.1) is 5.92 Å². The average Bonchev–Trinajstić information content (AvgIpc) is 3.49. The van der Waals surface area contributed by atoms with E-state index in [4.69, 9.17) is 24.5 Å². The number of carbonyl (C=O) groups is 3. The Morgan fingerprint density at radius 2 is 1.53 bits per heavy atom. The summed E-state index contributed by atoms with van der Waals surface area (Å²) in [7, 11) is 0. The van der Waals surface area contributed by atoms with Crippen molar-refractivity contribution in [1.82, 2.24) is 15.2 Å². The number of carboxylic acids is 2. The number of nitrogens with one attached hydrogen (secondary N) is 1. The molecule has 9 nitrogen and oxygen atoms in total. The molecule has 2 saturated heterocycles. The number of hydrogen-bond donors (Lipinski definition) is 3. The van der Waals surface area contributed by atoms with Crippen LogP contribution in [-0.4, -0.2) is 81.6 Å². The van der Waals surface area contributed by atoms with E-state index < -0.39 is 24.3 Å². The third-order valence-corrected chi connectivity index (χ3v) is 5.49. The Morgan fingerprint density at radius 3 is 2.00 bits per heavy atom. The largest absolute Gasteiger partial charge is 0.490 e. The van der Waals surface area contributed by atoms with Crippen molar-refractivity contribution in [3.8, 4) is 0 Å². The molecule has 1 amide bonds. The lowest BCUT2D eigenvalue weighted by atomic mass is 9.91. The van der Waals surface area contributed by atoms with E-state index in [1.54, 1.807) is 0 Å². The molecule has 3 fully saturated rings. The van der Waals surface area contributed by atoms with Gasteiger partial charge in [-0.15, -0.1) is 0 Å². The number of fused-ring (bicyclic) bond motifs is 1. The van der Waals surface area contributed by atoms with Gasteiger partial charge >= 0.3 is 24.3 Å². The summed E-state index contributed by atoms with van der Waals surface area (Å²) in [5.74, 6) is -4.86. The minimum atomic E-state index is -5.08. The highest BCUT2D eigenvalue weighted by Crippen LogP contribution is 2.34. The number of aliphatic carboxylic acids is 2. The van der Waals surface area contributed by atoms with Crippen LogP contribution in [0.1, 0.15) is 31.2 Å². The van der Waals surface area contributed by atoms with Gasteiger partial charge in [0.05, 0.1) is 6.10 Å². The summed E-state index contributed by atoms with van der Waals surface area (Å²) in [6.45, 7) is 2.96. The number of carbonyl (C=O) groups excluding carboxylic acids is 1. The van der Waals surface area contributed by atoms with Gasteiger partial charge in [-0.05, 0) is 55.8 Å². The van der Waals surface area contributed by atoms with E-state index in [1.807, 2.05) is 12.4 Å². The summed E-state index contributed by atoms with van der Waals surface area (Å²) < 4.78 is 69.5. The number of aromatic nitrogens is 1. The van der Waals surface area contributed by atoms with E-state index in [9.17, 15) is 31.1 Å². The van der Waals surface area contributed by atoms with E-state index >= 15 is 0 Å². The summed E-state index contributed by atoms with van der Waals surface area (Å²) in [4.78, 5) is 36.4. The summed E-state index contributed by atoms with van der Waals surface area (Å²) in [5, 5.41) is 17.3. The Kier molecular flexibility index (Phi) is 10.0. The minimum absolute atomic E-state index is 0.109. The number of pyridine rings is 1. The molecule has 0 spiro atoms. The quantitative estimate of drug-likeness (QED) is 0.508. The monoisotopic (exact) mass is 529 g/mol. The molecule has 0 bridgehead atoms. The molecular formula is C21H25F6N3O6. The predicted octanol–water partition coefficient (Wildman–Crippen LogP) is 2.61. The Morgan fingerprint density at radius 1 is 1.00 bits per heavy atom. The van der Waals surface area contributed by atoms with Crippen molar-refractivity contribution in [3.05, 3.63) is 30.1 Å². The molecule has 0 unspecified atom stereocenters. The fourth-order valence-corrected chi connectivity index (χ4v) is 3.58. The molecular weight excluding hydrogens is 504 g/mol. The normalized spacial score (nSPS) is 23.8. The second-order valence-electron chi connectivity index (χ2n) is 8.43. The second kappa shape index (κ2) is 12.3. The van der Waals surface area contributed by atoms with Crippen LogP contribution in [0.4, 0.5) is 26.3 Å². The van der Waals surface area contributed by atoms with Gasteiger partial charge in [-0.25, -0.2) is 9.59 Å². The van der Waals surface area contributed by atoms with Gasteiger partial charge < -0.3 is 20.3 Å². The SMILES string of the molecule is O=C(NC1CC1)[C@@H]1C[C@@H]2CCN(Cc3ccncc3)C[C@@H]2O1.O=C(O)C(F)(F)F.O=C(O)C(F)(F)F. The van der Waals surface area contributed by atoms with Crippen LogP contribution in [0.3, 0.4) is 0 Å². The number of nitrogens with zero attached hydrogens (tertiary/aromatic N) is 2. The molecule has 0 radical (unpaired) electrons. The molecule has 4 rings (SSSR count). The van der Waals surface area contributed by atoms with Gasteiger partial charge in [0.15, 0.2) is 0 Å². The maximum Gasteiger partial charge on any atom is 0.490 e. The first kappa shape index (κ1) is 29.3. The second-order valence-corrected chi connectivity index (χ2v) is 8.43. The van der Waals surface area contributed by atoms with E-state index in [1.165, 1.54) is 5.56 Å². The zero-order valence-electron chi connectivity index (χ0n) is 18.8. The standard InChI is InChI=1S/C17H23N3O2.2C2HF3O2/c21-17(19-14-1-2-14)15-9-13-5-8-20(11-16(13)22-15)10-12-3-6-18-7-4-12;2*3-2(4,5)1(6)7/h3-4,6-7,13-16H,1-2,5,8-11H2,(H,19,21);2*(H,6,7)/t13-,15-,16-;;/m0../s1. The fraction of sp³-hybridized carbons (Fsp3) is 0.619. The van der Waals surface area contributed by atoms with Crippen LogP contribution in [0.25, 0.3) is 0 Å². The lowest BCUT2D eigenvalue weighted by Crippen LogP contribution is -2.42. The highest BCUT2D eigenvalue weighted by molar-refractivity contribution is 5.81. The van der Waals surface area contributed by atoms with E-state index in [-0.39, 0.29) is 18.1 Å². The van der Waals surface area contributed by atoms with Gasteiger partial charge in [0, 0.05) is 31.5 Å². The molecule has 3 N–H and O–H groups in total. The number of alkyl halides is 6. The van der Waals surface area contributed by atoms with Crippen LogP contribution < -0.4 is 5.32 Å². The summed E-state index contributed by atoms with van der Waals surface area (Å²) >= 11 is 0. The fourth-order valence-electron chi connectivity index (χ4n) is 3.58. The number of hydrogen-bond acceptors (Lipinski definition) is 6. The van der Waals surface area contributed by atoms with Gasteiger partial charge in [0.2, 0.25) is 5.91 Å². The molecule has 202 valence electrons. The third-order valence-electron chi connectivity index (χ3n) is 5.49. The summed E-state index contributed by atoms with van der Waals surface area (Å²) in [5.41, 5.74) is 1.29. The minimum Gasteiger partial charge on any atom is -0.475 e. The van der Waals surface area contributed by atoms with Crippen LogP contribution in [0.5, 0.6) is 0 Å². The number of carboxylic acid groups (broad SMARTS) is 2. The number of likely N-dealkylation sites (tertiary alicyclic amines) is 1. The van der Waals surface area contributed by atoms with Gasteiger partial charge in [0.25, 0.3) is 0 Å². The van der Waals surface area contributed by atoms with Gasteiger partial charge in [-0.1, -0.05) is 0 Å². The van der Waals surface area contributed by atoms with Crippen LogP contribution in [0.15, 0.2) is 24.5 Å². The molecule has 15 heteroatoms. The molecule has 1 saturated carbocycles. The van der Waals surface area contributed by atoms with Gasteiger partial charge in [-0.3, -0.25) is 14.7 Å². The van der Waals surface area contributed by atoms with Crippen LogP contribution in [-0.2, 0) is 25.7 Å².